The largest absolute Gasteiger partial charge is 0.351 e. The normalized spacial score (nSPS) is 19.6. The quantitative estimate of drug-likeness (QED) is 0.895. The maximum Gasteiger partial charge on any atom is 0.253 e. The molecule has 2 amide bonds. The summed E-state index contributed by atoms with van der Waals surface area (Å²) in [4.78, 5) is 27.6. The van der Waals surface area contributed by atoms with Crippen LogP contribution in [0.25, 0.3) is 0 Å². The van der Waals surface area contributed by atoms with Crippen molar-refractivity contribution in [1.82, 2.24) is 10.2 Å². The van der Waals surface area contributed by atoms with Crippen LogP contribution in [0.3, 0.4) is 0 Å². The summed E-state index contributed by atoms with van der Waals surface area (Å²) in [5.74, 6) is 0.0285. The summed E-state index contributed by atoms with van der Waals surface area (Å²) < 4.78 is 0. The standard InChI is InChI=1S/C23H28N2O2/c1-17-8-10-19(11-9-17)15-24-22(27)23(3)12-5-13-25(16-23)21(26)20-7-4-6-18(2)14-20/h4,6-11,14H,5,12-13,15-16H2,1-3H3,(H,24,27). The smallest absolute Gasteiger partial charge is 0.253 e. The summed E-state index contributed by atoms with van der Waals surface area (Å²) in [7, 11) is 0. The highest BCUT2D eigenvalue weighted by Crippen LogP contribution is 2.30. The highest BCUT2D eigenvalue weighted by atomic mass is 16.2. The molecule has 1 unspecified atom stereocenters. The molecule has 1 atom stereocenters. The first kappa shape index (κ1) is 19.2. The lowest BCUT2D eigenvalue weighted by Crippen LogP contribution is -2.51. The van der Waals surface area contributed by atoms with E-state index in [-0.39, 0.29) is 11.8 Å². The van der Waals surface area contributed by atoms with Gasteiger partial charge in [0.15, 0.2) is 0 Å². The zero-order valence-corrected chi connectivity index (χ0v) is 16.4. The van der Waals surface area contributed by atoms with E-state index in [9.17, 15) is 9.59 Å². The van der Waals surface area contributed by atoms with E-state index >= 15 is 0 Å². The zero-order chi connectivity index (χ0) is 19.4. The number of piperidine rings is 1. The van der Waals surface area contributed by atoms with Gasteiger partial charge < -0.3 is 10.2 Å². The Kier molecular flexibility index (Phi) is 5.64. The minimum Gasteiger partial charge on any atom is -0.351 e. The Morgan fingerprint density at radius 1 is 1.07 bits per heavy atom. The predicted octanol–water partition coefficient (Wildman–Crippen LogP) is 3.86. The predicted molar refractivity (Wildman–Crippen MR) is 107 cm³/mol. The Hall–Kier alpha value is -2.62. The summed E-state index contributed by atoms with van der Waals surface area (Å²) in [6.45, 7) is 7.67. The summed E-state index contributed by atoms with van der Waals surface area (Å²) in [6, 6.07) is 15.8. The summed E-state index contributed by atoms with van der Waals surface area (Å²) in [5.41, 5.74) is 3.49. The first-order chi connectivity index (χ1) is 12.9. The molecule has 0 bridgehead atoms. The van der Waals surface area contributed by atoms with Crippen LogP contribution in [-0.4, -0.2) is 29.8 Å². The van der Waals surface area contributed by atoms with Crippen molar-refractivity contribution < 1.29 is 9.59 Å². The number of carbonyl (C=O) groups is 2. The van der Waals surface area contributed by atoms with Crippen LogP contribution in [0, 0.1) is 19.3 Å². The topological polar surface area (TPSA) is 49.4 Å². The van der Waals surface area contributed by atoms with Gasteiger partial charge in [0.2, 0.25) is 5.91 Å². The number of carbonyl (C=O) groups excluding carboxylic acids is 2. The van der Waals surface area contributed by atoms with Crippen molar-refractivity contribution in [3.05, 3.63) is 70.8 Å². The Labute approximate surface area is 161 Å². The molecule has 2 aromatic rings. The lowest BCUT2D eigenvalue weighted by atomic mass is 9.80. The molecule has 0 saturated carbocycles. The van der Waals surface area contributed by atoms with Gasteiger partial charge >= 0.3 is 0 Å². The van der Waals surface area contributed by atoms with Crippen LogP contribution >= 0.6 is 0 Å². The van der Waals surface area contributed by atoms with Gasteiger partial charge in [0.1, 0.15) is 0 Å². The summed E-state index contributed by atoms with van der Waals surface area (Å²) >= 11 is 0. The summed E-state index contributed by atoms with van der Waals surface area (Å²) in [6.07, 6.45) is 1.64. The molecular formula is C23H28N2O2. The minimum atomic E-state index is -0.553. The fourth-order valence-electron chi connectivity index (χ4n) is 3.66. The van der Waals surface area contributed by atoms with E-state index in [0.717, 1.165) is 24.0 Å². The Balaban J connectivity index is 1.65. The SMILES string of the molecule is Cc1ccc(CNC(=O)C2(C)CCCN(C(=O)c3cccc(C)c3)C2)cc1. The fourth-order valence-corrected chi connectivity index (χ4v) is 3.66. The highest BCUT2D eigenvalue weighted by Gasteiger charge is 2.39. The lowest BCUT2D eigenvalue weighted by Gasteiger charge is -2.39. The molecular weight excluding hydrogens is 336 g/mol. The molecule has 1 N–H and O–H groups in total. The van der Waals surface area contributed by atoms with Crippen LogP contribution in [-0.2, 0) is 11.3 Å². The molecule has 2 aromatic carbocycles. The van der Waals surface area contributed by atoms with Gasteiger partial charge in [0.05, 0.1) is 5.41 Å². The third-order valence-electron chi connectivity index (χ3n) is 5.37. The average Bonchev–Trinajstić information content (AvgIpc) is 2.66. The molecule has 0 aromatic heterocycles. The van der Waals surface area contributed by atoms with E-state index in [0.29, 0.717) is 25.2 Å². The number of rotatable bonds is 4. The van der Waals surface area contributed by atoms with Crippen molar-refractivity contribution in [3.8, 4) is 0 Å². The van der Waals surface area contributed by atoms with E-state index in [4.69, 9.17) is 0 Å². The van der Waals surface area contributed by atoms with E-state index in [1.807, 2.05) is 74.2 Å². The monoisotopic (exact) mass is 364 g/mol. The first-order valence-corrected chi connectivity index (χ1v) is 9.57. The van der Waals surface area contributed by atoms with Gasteiger partial charge in [-0.2, -0.15) is 0 Å². The number of nitrogens with zero attached hydrogens (tertiary/aromatic N) is 1. The van der Waals surface area contributed by atoms with Gasteiger partial charge in [-0.25, -0.2) is 0 Å². The number of nitrogens with one attached hydrogen (secondary N) is 1. The molecule has 1 aliphatic heterocycles. The van der Waals surface area contributed by atoms with E-state index in [2.05, 4.69) is 5.32 Å². The van der Waals surface area contributed by atoms with Crippen LogP contribution < -0.4 is 5.32 Å². The molecule has 27 heavy (non-hydrogen) atoms. The zero-order valence-electron chi connectivity index (χ0n) is 16.4. The minimum absolute atomic E-state index is 0.0101. The van der Waals surface area contributed by atoms with Crippen LogP contribution in [0.1, 0.15) is 46.8 Å². The molecule has 0 spiro atoms. The fraction of sp³-hybridized carbons (Fsp3) is 0.391. The summed E-state index contributed by atoms with van der Waals surface area (Å²) in [5, 5.41) is 3.06. The van der Waals surface area contributed by atoms with Crippen molar-refractivity contribution in [1.29, 1.82) is 0 Å². The maximum atomic E-state index is 12.9. The second kappa shape index (κ2) is 7.95. The van der Waals surface area contributed by atoms with Gasteiger partial charge in [-0.1, -0.05) is 47.5 Å². The van der Waals surface area contributed by atoms with Crippen molar-refractivity contribution in [2.45, 2.75) is 40.2 Å². The van der Waals surface area contributed by atoms with Crippen LogP contribution in [0.15, 0.2) is 48.5 Å². The van der Waals surface area contributed by atoms with E-state index < -0.39 is 5.41 Å². The Morgan fingerprint density at radius 2 is 1.81 bits per heavy atom. The number of likely N-dealkylation sites (tertiary alicyclic amines) is 1. The Morgan fingerprint density at radius 3 is 2.52 bits per heavy atom. The number of amides is 2. The average molecular weight is 364 g/mol. The molecule has 4 heteroatoms. The highest BCUT2D eigenvalue weighted by molar-refractivity contribution is 5.95. The van der Waals surface area contributed by atoms with Crippen LogP contribution in [0.2, 0.25) is 0 Å². The van der Waals surface area contributed by atoms with Gasteiger partial charge in [0.25, 0.3) is 5.91 Å². The molecule has 0 radical (unpaired) electrons. The molecule has 4 nitrogen and oxygen atoms in total. The number of benzene rings is 2. The molecule has 1 saturated heterocycles. The molecule has 1 heterocycles. The number of hydrogen-bond donors (Lipinski definition) is 1. The second-order valence-electron chi connectivity index (χ2n) is 7.93. The van der Waals surface area contributed by atoms with Crippen molar-refractivity contribution in [2.75, 3.05) is 13.1 Å². The maximum absolute atomic E-state index is 12.9. The van der Waals surface area contributed by atoms with Crippen LogP contribution in [0.4, 0.5) is 0 Å². The van der Waals surface area contributed by atoms with Crippen molar-refractivity contribution >= 4 is 11.8 Å². The number of hydrogen-bond acceptors (Lipinski definition) is 2. The van der Waals surface area contributed by atoms with Crippen molar-refractivity contribution in [2.24, 2.45) is 5.41 Å². The third kappa shape index (κ3) is 4.57. The second-order valence-corrected chi connectivity index (χ2v) is 7.93. The Bertz CT molecular complexity index is 829. The van der Waals surface area contributed by atoms with Gasteiger partial charge in [-0.05, 0) is 51.3 Å². The van der Waals surface area contributed by atoms with E-state index in [1.165, 1.54) is 5.56 Å². The van der Waals surface area contributed by atoms with Gasteiger partial charge in [0, 0.05) is 25.2 Å². The molecule has 1 aliphatic rings. The van der Waals surface area contributed by atoms with Gasteiger partial charge in [-0.3, -0.25) is 9.59 Å². The van der Waals surface area contributed by atoms with Gasteiger partial charge in [-0.15, -0.1) is 0 Å². The number of aryl methyl sites for hydroxylation is 2. The molecule has 1 fully saturated rings. The van der Waals surface area contributed by atoms with Crippen molar-refractivity contribution in [3.63, 3.8) is 0 Å². The third-order valence-corrected chi connectivity index (χ3v) is 5.37. The molecule has 142 valence electrons. The molecule has 0 aliphatic carbocycles. The van der Waals surface area contributed by atoms with E-state index in [1.54, 1.807) is 0 Å². The molecule has 3 rings (SSSR count). The van der Waals surface area contributed by atoms with Crippen LogP contribution in [0.5, 0.6) is 0 Å². The lowest BCUT2D eigenvalue weighted by molar-refractivity contribution is -0.132. The first-order valence-electron chi connectivity index (χ1n) is 9.57.